The average Bonchev–Trinajstić information content (AvgIpc) is 2.89. The predicted octanol–water partition coefficient (Wildman–Crippen LogP) is 3.98. The Balaban J connectivity index is 1.44. The van der Waals surface area contributed by atoms with Gasteiger partial charge in [-0.1, -0.05) is 60.7 Å². The van der Waals surface area contributed by atoms with Crippen molar-refractivity contribution in [3.8, 4) is 17.3 Å². The highest BCUT2D eigenvalue weighted by atomic mass is 32.2. The number of aliphatic imine (C=N–C) groups is 1. The van der Waals surface area contributed by atoms with Crippen LogP contribution in [-0.2, 0) is 16.6 Å². The Labute approximate surface area is 203 Å². The highest BCUT2D eigenvalue weighted by Crippen LogP contribution is 2.28. The minimum atomic E-state index is -3.81. The molecule has 174 valence electrons. The van der Waals surface area contributed by atoms with Gasteiger partial charge in [0, 0.05) is 17.8 Å². The molecule has 4 aromatic rings. The number of nitriles is 1. The molecule has 4 rings (SSSR count). The molecule has 35 heavy (non-hydrogen) atoms. The minimum absolute atomic E-state index is 0.200. The van der Waals surface area contributed by atoms with Crippen molar-refractivity contribution in [1.82, 2.24) is 15.5 Å². The number of anilines is 2. The van der Waals surface area contributed by atoms with Gasteiger partial charge in [-0.15, -0.1) is 4.99 Å². The van der Waals surface area contributed by atoms with Gasteiger partial charge >= 0.3 is 0 Å². The van der Waals surface area contributed by atoms with Gasteiger partial charge in [0.15, 0.2) is 0 Å². The number of nitrogens with one attached hydrogen (secondary N) is 3. The Kier molecular flexibility index (Phi) is 7.30. The van der Waals surface area contributed by atoms with Crippen LogP contribution in [0.25, 0.3) is 11.1 Å². The van der Waals surface area contributed by atoms with E-state index >= 15 is 0 Å². The van der Waals surface area contributed by atoms with E-state index in [2.05, 4.69) is 30.5 Å². The molecule has 3 aromatic carbocycles. The molecule has 1 aromatic heterocycles. The quantitative estimate of drug-likeness (QED) is 0.206. The van der Waals surface area contributed by atoms with Crippen molar-refractivity contribution in [1.29, 1.82) is 5.26 Å². The van der Waals surface area contributed by atoms with E-state index in [0.29, 0.717) is 23.5 Å². The van der Waals surface area contributed by atoms with E-state index in [-0.39, 0.29) is 10.9 Å². The van der Waals surface area contributed by atoms with Crippen molar-refractivity contribution in [2.75, 3.05) is 10.0 Å². The van der Waals surface area contributed by atoms with Gasteiger partial charge in [-0.2, -0.15) is 15.5 Å². The third-order valence-corrected chi connectivity index (χ3v) is 6.38. The van der Waals surface area contributed by atoms with Crippen LogP contribution in [0.2, 0.25) is 0 Å². The number of sulfonamides is 1. The van der Waals surface area contributed by atoms with Crippen molar-refractivity contribution < 1.29 is 8.42 Å². The molecular formula is C25H21N7O2S. The molecule has 0 aliphatic rings. The summed E-state index contributed by atoms with van der Waals surface area (Å²) in [6.07, 6.45) is 4.76. The standard InChI is InChI=1S/C25H21N7O2S/c26-18-28-25(31-22-14-15-29-30-17-22)27-16-19-10-12-21(13-11-19)32-35(33,34)24-9-5-4-8-23(24)20-6-2-1-3-7-20/h1-15,17,32H,16H2,(H2,27,28,29,31). The molecule has 0 amide bonds. The van der Waals surface area contributed by atoms with Gasteiger partial charge in [-0.3, -0.25) is 4.72 Å². The first-order valence-electron chi connectivity index (χ1n) is 10.6. The zero-order valence-corrected chi connectivity index (χ0v) is 19.3. The van der Waals surface area contributed by atoms with E-state index in [0.717, 1.165) is 11.1 Å². The van der Waals surface area contributed by atoms with E-state index in [1.165, 1.54) is 12.4 Å². The number of nitrogens with zero attached hydrogens (tertiary/aromatic N) is 4. The Hall–Kier alpha value is -4.75. The zero-order chi connectivity index (χ0) is 24.5. The molecule has 1 heterocycles. The molecule has 0 saturated heterocycles. The van der Waals surface area contributed by atoms with Crippen molar-refractivity contribution >= 4 is 27.4 Å². The molecule has 0 bridgehead atoms. The summed E-state index contributed by atoms with van der Waals surface area (Å²) in [7, 11) is -3.81. The van der Waals surface area contributed by atoms with Crippen LogP contribution in [-0.4, -0.2) is 24.6 Å². The maximum atomic E-state index is 13.2. The largest absolute Gasteiger partial charge is 0.351 e. The molecule has 0 unspecified atom stereocenters. The highest BCUT2D eigenvalue weighted by molar-refractivity contribution is 7.92. The monoisotopic (exact) mass is 483 g/mol. The van der Waals surface area contributed by atoms with E-state index in [1.54, 1.807) is 54.7 Å². The van der Waals surface area contributed by atoms with E-state index in [1.807, 2.05) is 36.4 Å². The Morgan fingerprint density at radius 3 is 2.34 bits per heavy atom. The van der Waals surface area contributed by atoms with Crippen LogP contribution >= 0.6 is 0 Å². The third-order valence-electron chi connectivity index (χ3n) is 4.94. The van der Waals surface area contributed by atoms with E-state index < -0.39 is 10.0 Å². The van der Waals surface area contributed by atoms with Crippen LogP contribution in [0.15, 0.2) is 107 Å². The van der Waals surface area contributed by atoms with E-state index in [9.17, 15) is 8.42 Å². The molecular weight excluding hydrogens is 462 g/mol. The van der Waals surface area contributed by atoms with Crippen LogP contribution in [0, 0.1) is 11.5 Å². The lowest BCUT2D eigenvalue weighted by Gasteiger charge is -2.13. The lowest BCUT2D eigenvalue weighted by atomic mass is 10.1. The van der Waals surface area contributed by atoms with Crippen LogP contribution in [0.1, 0.15) is 5.56 Å². The number of rotatable bonds is 7. The molecule has 3 N–H and O–H groups in total. The Morgan fingerprint density at radius 2 is 1.63 bits per heavy atom. The highest BCUT2D eigenvalue weighted by Gasteiger charge is 2.19. The number of hydrogen-bond donors (Lipinski definition) is 3. The first-order valence-corrected chi connectivity index (χ1v) is 12.0. The summed E-state index contributed by atoms with van der Waals surface area (Å²) in [6, 6.07) is 24.9. The average molecular weight is 484 g/mol. The van der Waals surface area contributed by atoms with Crippen LogP contribution < -0.4 is 15.4 Å². The minimum Gasteiger partial charge on any atom is -0.351 e. The summed E-state index contributed by atoms with van der Waals surface area (Å²) in [4.78, 5) is 3.93. The molecule has 0 radical (unpaired) electrons. The summed E-state index contributed by atoms with van der Waals surface area (Å²) in [5.74, 6) is 0.253. The molecule has 0 atom stereocenters. The molecule has 0 aliphatic carbocycles. The number of guanidine groups is 1. The topological polar surface area (TPSA) is 132 Å². The SMILES string of the molecule is N#C/N=C(/NCc1ccc(NS(=O)(=O)c2ccccc2-c2ccccc2)cc1)Nc1ccnnc1. The molecule has 0 aliphatic heterocycles. The van der Waals surface area contributed by atoms with Crippen molar-refractivity contribution in [2.24, 2.45) is 4.99 Å². The lowest BCUT2D eigenvalue weighted by molar-refractivity contribution is 0.601. The maximum absolute atomic E-state index is 13.2. The summed E-state index contributed by atoms with van der Waals surface area (Å²) < 4.78 is 29.0. The number of aromatic nitrogens is 2. The summed E-state index contributed by atoms with van der Waals surface area (Å²) in [6.45, 7) is 0.357. The van der Waals surface area contributed by atoms with Gasteiger partial charge in [0.2, 0.25) is 12.2 Å². The number of hydrogen-bond acceptors (Lipinski definition) is 6. The van der Waals surface area contributed by atoms with Crippen LogP contribution in [0.4, 0.5) is 11.4 Å². The smallest absolute Gasteiger partial charge is 0.262 e. The molecule has 0 saturated carbocycles. The van der Waals surface area contributed by atoms with Gasteiger partial charge in [0.05, 0.1) is 23.0 Å². The lowest BCUT2D eigenvalue weighted by Crippen LogP contribution is -2.30. The summed E-state index contributed by atoms with van der Waals surface area (Å²) in [5, 5.41) is 22.4. The first kappa shape index (κ1) is 23.4. The second kappa shape index (κ2) is 10.9. The fraction of sp³-hybridized carbons (Fsp3) is 0.0400. The fourth-order valence-corrected chi connectivity index (χ4v) is 4.60. The normalized spacial score (nSPS) is 11.3. The second-order valence-corrected chi connectivity index (χ2v) is 8.99. The third kappa shape index (κ3) is 6.19. The van der Waals surface area contributed by atoms with Crippen molar-refractivity contribution in [2.45, 2.75) is 11.4 Å². The number of benzene rings is 3. The molecule has 10 heteroatoms. The molecule has 0 spiro atoms. The van der Waals surface area contributed by atoms with Crippen LogP contribution in [0.3, 0.4) is 0 Å². The van der Waals surface area contributed by atoms with Gasteiger partial charge < -0.3 is 10.6 Å². The Morgan fingerprint density at radius 1 is 0.886 bits per heavy atom. The first-order chi connectivity index (χ1) is 17.0. The molecule has 9 nitrogen and oxygen atoms in total. The summed E-state index contributed by atoms with van der Waals surface area (Å²) in [5.41, 5.74) is 3.37. The second-order valence-electron chi connectivity index (χ2n) is 7.33. The van der Waals surface area contributed by atoms with Crippen molar-refractivity contribution in [3.05, 3.63) is 103 Å². The summed E-state index contributed by atoms with van der Waals surface area (Å²) >= 11 is 0. The maximum Gasteiger partial charge on any atom is 0.262 e. The van der Waals surface area contributed by atoms with Gasteiger partial charge in [0.25, 0.3) is 10.0 Å². The van der Waals surface area contributed by atoms with E-state index in [4.69, 9.17) is 5.26 Å². The fourth-order valence-electron chi connectivity index (χ4n) is 3.31. The van der Waals surface area contributed by atoms with Gasteiger partial charge in [-0.05, 0) is 35.4 Å². The molecule has 0 fully saturated rings. The Bertz CT molecular complexity index is 1450. The van der Waals surface area contributed by atoms with Gasteiger partial charge in [0.1, 0.15) is 0 Å². The van der Waals surface area contributed by atoms with Crippen LogP contribution in [0.5, 0.6) is 0 Å². The van der Waals surface area contributed by atoms with Gasteiger partial charge in [-0.25, -0.2) is 8.42 Å². The predicted molar refractivity (Wildman–Crippen MR) is 135 cm³/mol. The zero-order valence-electron chi connectivity index (χ0n) is 18.5. The van der Waals surface area contributed by atoms with Crippen molar-refractivity contribution in [3.63, 3.8) is 0 Å².